The van der Waals surface area contributed by atoms with E-state index in [1.54, 1.807) is 0 Å². The number of unbranched alkanes of at least 4 members (excludes halogenated alkanes) is 1. The van der Waals surface area contributed by atoms with Gasteiger partial charge in [0.25, 0.3) is 0 Å². The lowest BCUT2D eigenvalue weighted by Gasteiger charge is -2.14. The Morgan fingerprint density at radius 1 is 1.28 bits per heavy atom. The molecular weight excluding hydrogens is 288 g/mol. The van der Waals surface area contributed by atoms with Gasteiger partial charge < -0.3 is 5.32 Å². The standard InChI is InChI=1S/C15H21BrN2/c1-12-8-13(16)10-14(9-12)18-7-5-4-6-15(2,3)11-17/h8-10,18H,4-7H2,1-3H3. The van der Waals surface area contributed by atoms with E-state index in [1.165, 1.54) is 5.56 Å². The Kier molecular flexibility index (Phi) is 5.68. The molecule has 0 radical (unpaired) electrons. The minimum atomic E-state index is -0.188. The first kappa shape index (κ1) is 15.0. The van der Waals surface area contributed by atoms with Gasteiger partial charge in [-0.1, -0.05) is 22.4 Å². The maximum Gasteiger partial charge on any atom is 0.0683 e. The van der Waals surface area contributed by atoms with E-state index in [9.17, 15) is 0 Å². The van der Waals surface area contributed by atoms with Crippen LogP contribution in [-0.2, 0) is 0 Å². The zero-order chi connectivity index (χ0) is 13.6. The molecule has 0 aliphatic carbocycles. The summed E-state index contributed by atoms with van der Waals surface area (Å²) < 4.78 is 1.11. The molecular formula is C15H21BrN2. The number of benzene rings is 1. The van der Waals surface area contributed by atoms with Crippen LogP contribution in [0, 0.1) is 23.7 Å². The summed E-state index contributed by atoms with van der Waals surface area (Å²) in [6.07, 6.45) is 3.14. The van der Waals surface area contributed by atoms with Crippen LogP contribution in [-0.4, -0.2) is 6.54 Å². The van der Waals surface area contributed by atoms with E-state index in [-0.39, 0.29) is 5.41 Å². The molecule has 18 heavy (non-hydrogen) atoms. The maximum absolute atomic E-state index is 8.92. The van der Waals surface area contributed by atoms with Crippen molar-refractivity contribution in [1.29, 1.82) is 5.26 Å². The van der Waals surface area contributed by atoms with Gasteiger partial charge in [0.1, 0.15) is 0 Å². The molecule has 3 heteroatoms. The van der Waals surface area contributed by atoms with Gasteiger partial charge in [-0.2, -0.15) is 5.26 Å². The minimum absolute atomic E-state index is 0.188. The number of hydrogen-bond donors (Lipinski definition) is 1. The summed E-state index contributed by atoms with van der Waals surface area (Å²) in [5, 5.41) is 12.3. The Morgan fingerprint density at radius 2 is 2.00 bits per heavy atom. The van der Waals surface area contributed by atoms with Gasteiger partial charge >= 0.3 is 0 Å². The summed E-state index contributed by atoms with van der Waals surface area (Å²) >= 11 is 3.50. The summed E-state index contributed by atoms with van der Waals surface area (Å²) in [6, 6.07) is 8.67. The highest BCUT2D eigenvalue weighted by molar-refractivity contribution is 9.10. The zero-order valence-electron chi connectivity index (χ0n) is 11.4. The van der Waals surface area contributed by atoms with E-state index in [0.29, 0.717) is 0 Å². The lowest BCUT2D eigenvalue weighted by atomic mass is 9.89. The molecule has 0 aromatic heterocycles. The van der Waals surface area contributed by atoms with Crippen LogP contribution in [0.25, 0.3) is 0 Å². The average Bonchev–Trinajstić information content (AvgIpc) is 2.27. The molecule has 0 saturated heterocycles. The molecule has 0 aliphatic rings. The Labute approximate surface area is 119 Å². The van der Waals surface area contributed by atoms with Gasteiger partial charge in [0.15, 0.2) is 0 Å². The lowest BCUT2D eigenvalue weighted by molar-refractivity contribution is 0.430. The Bertz CT molecular complexity index is 412. The van der Waals surface area contributed by atoms with Crippen molar-refractivity contribution in [2.45, 2.75) is 40.0 Å². The molecule has 1 aromatic carbocycles. The van der Waals surface area contributed by atoms with Crippen molar-refractivity contribution in [2.75, 3.05) is 11.9 Å². The molecule has 2 nitrogen and oxygen atoms in total. The molecule has 0 spiro atoms. The van der Waals surface area contributed by atoms with Crippen molar-refractivity contribution < 1.29 is 0 Å². The SMILES string of the molecule is Cc1cc(Br)cc(NCCCCC(C)(C)C#N)c1. The molecule has 1 aromatic rings. The predicted octanol–water partition coefficient (Wildman–Crippen LogP) is 4.89. The average molecular weight is 309 g/mol. The first-order valence-corrected chi connectivity index (χ1v) is 7.14. The highest BCUT2D eigenvalue weighted by Crippen LogP contribution is 2.22. The van der Waals surface area contributed by atoms with E-state index in [0.717, 1.165) is 36.0 Å². The largest absolute Gasteiger partial charge is 0.385 e. The van der Waals surface area contributed by atoms with E-state index in [1.807, 2.05) is 13.8 Å². The molecule has 0 unspecified atom stereocenters. The number of rotatable bonds is 6. The molecule has 98 valence electrons. The number of nitrogens with one attached hydrogen (secondary N) is 1. The Hall–Kier alpha value is -1.01. The highest BCUT2D eigenvalue weighted by Gasteiger charge is 2.15. The Balaban J connectivity index is 2.28. The van der Waals surface area contributed by atoms with Crippen LogP contribution < -0.4 is 5.32 Å². The third-order valence-corrected chi connectivity index (χ3v) is 3.36. The maximum atomic E-state index is 8.92. The van der Waals surface area contributed by atoms with Crippen molar-refractivity contribution in [1.82, 2.24) is 0 Å². The van der Waals surface area contributed by atoms with Crippen LogP contribution in [0.2, 0.25) is 0 Å². The van der Waals surface area contributed by atoms with Gasteiger partial charge in [-0.3, -0.25) is 0 Å². The fourth-order valence-electron chi connectivity index (χ4n) is 1.82. The van der Waals surface area contributed by atoms with Crippen molar-refractivity contribution in [3.63, 3.8) is 0 Å². The fraction of sp³-hybridized carbons (Fsp3) is 0.533. The smallest absolute Gasteiger partial charge is 0.0683 e. The predicted molar refractivity (Wildman–Crippen MR) is 80.6 cm³/mol. The first-order valence-electron chi connectivity index (χ1n) is 6.35. The van der Waals surface area contributed by atoms with Crippen molar-refractivity contribution in [3.8, 4) is 6.07 Å². The third-order valence-electron chi connectivity index (χ3n) is 2.90. The molecule has 0 saturated carbocycles. The van der Waals surface area contributed by atoms with E-state index < -0.39 is 0 Å². The second-order valence-corrected chi connectivity index (χ2v) is 6.31. The number of halogens is 1. The number of aryl methyl sites for hydroxylation is 1. The Morgan fingerprint density at radius 3 is 2.61 bits per heavy atom. The minimum Gasteiger partial charge on any atom is -0.385 e. The molecule has 0 atom stereocenters. The van der Waals surface area contributed by atoms with Crippen LogP contribution >= 0.6 is 15.9 Å². The zero-order valence-corrected chi connectivity index (χ0v) is 13.0. The fourth-order valence-corrected chi connectivity index (χ4v) is 2.43. The van der Waals surface area contributed by atoms with Crippen molar-refractivity contribution in [3.05, 3.63) is 28.2 Å². The van der Waals surface area contributed by atoms with E-state index in [4.69, 9.17) is 5.26 Å². The molecule has 1 N–H and O–H groups in total. The summed E-state index contributed by atoms with van der Waals surface area (Å²) in [5.41, 5.74) is 2.21. The van der Waals surface area contributed by atoms with Gasteiger partial charge in [0, 0.05) is 16.7 Å². The summed E-state index contributed by atoms with van der Waals surface area (Å²) in [5.74, 6) is 0. The van der Waals surface area contributed by atoms with Crippen molar-refractivity contribution >= 4 is 21.6 Å². The molecule has 0 aliphatic heterocycles. The van der Waals surface area contributed by atoms with Gasteiger partial charge in [0.05, 0.1) is 11.5 Å². The van der Waals surface area contributed by atoms with Gasteiger partial charge in [0.2, 0.25) is 0 Å². The van der Waals surface area contributed by atoms with Crippen LogP contribution in [0.1, 0.15) is 38.7 Å². The third kappa shape index (κ3) is 5.55. The first-order chi connectivity index (χ1) is 8.43. The highest BCUT2D eigenvalue weighted by atomic mass is 79.9. The van der Waals surface area contributed by atoms with Gasteiger partial charge in [-0.15, -0.1) is 0 Å². The van der Waals surface area contributed by atoms with E-state index in [2.05, 4.69) is 52.4 Å². The number of hydrogen-bond acceptors (Lipinski definition) is 2. The number of nitrogens with zero attached hydrogens (tertiary/aromatic N) is 1. The quantitative estimate of drug-likeness (QED) is 0.759. The summed E-state index contributed by atoms with van der Waals surface area (Å²) in [7, 11) is 0. The number of anilines is 1. The summed E-state index contributed by atoms with van der Waals surface area (Å²) in [6.45, 7) is 7.04. The second-order valence-electron chi connectivity index (χ2n) is 5.40. The topological polar surface area (TPSA) is 35.8 Å². The van der Waals surface area contributed by atoms with Crippen LogP contribution in [0.3, 0.4) is 0 Å². The van der Waals surface area contributed by atoms with Gasteiger partial charge in [-0.25, -0.2) is 0 Å². The molecule has 0 bridgehead atoms. The monoisotopic (exact) mass is 308 g/mol. The second kappa shape index (κ2) is 6.80. The lowest BCUT2D eigenvalue weighted by Crippen LogP contribution is -2.09. The molecule has 0 fully saturated rings. The molecule has 0 heterocycles. The van der Waals surface area contributed by atoms with Crippen LogP contribution in [0.5, 0.6) is 0 Å². The molecule has 0 amide bonds. The van der Waals surface area contributed by atoms with Crippen LogP contribution in [0.15, 0.2) is 22.7 Å². The summed E-state index contributed by atoms with van der Waals surface area (Å²) in [4.78, 5) is 0. The molecule has 1 rings (SSSR count). The number of nitriles is 1. The normalized spacial score (nSPS) is 11.1. The van der Waals surface area contributed by atoms with Crippen LogP contribution in [0.4, 0.5) is 5.69 Å². The van der Waals surface area contributed by atoms with Gasteiger partial charge in [-0.05, 0) is 57.4 Å². The van der Waals surface area contributed by atoms with E-state index >= 15 is 0 Å². The van der Waals surface area contributed by atoms with Crippen molar-refractivity contribution in [2.24, 2.45) is 5.41 Å².